The van der Waals surface area contributed by atoms with Gasteiger partial charge in [0.1, 0.15) is 4.83 Å². The Morgan fingerprint density at radius 3 is 2.96 bits per heavy atom. The van der Waals surface area contributed by atoms with Crippen LogP contribution in [0.3, 0.4) is 0 Å². The predicted octanol–water partition coefficient (Wildman–Crippen LogP) is 4.38. The van der Waals surface area contributed by atoms with Crippen LogP contribution in [0.1, 0.15) is 20.3 Å². The van der Waals surface area contributed by atoms with Crippen molar-refractivity contribution in [1.82, 2.24) is 14.9 Å². The van der Waals surface area contributed by atoms with Gasteiger partial charge in [0.2, 0.25) is 5.91 Å². The van der Waals surface area contributed by atoms with Gasteiger partial charge in [-0.15, -0.1) is 29.3 Å². The molecule has 0 unspecified atom stereocenters. The molecule has 1 N–H and O–H groups in total. The minimum atomic E-state index is -0.339. The van der Waals surface area contributed by atoms with Gasteiger partial charge in [-0.25, -0.2) is 4.98 Å². The van der Waals surface area contributed by atoms with Crippen molar-refractivity contribution in [3.8, 4) is 10.4 Å². The van der Waals surface area contributed by atoms with Crippen molar-refractivity contribution < 1.29 is 4.79 Å². The molecule has 3 rings (SSSR count). The minimum Gasteiger partial charge on any atom is -0.355 e. The molecule has 0 aliphatic carbocycles. The molecular weight excluding hydrogens is 398 g/mol. The topological polar surface area (TPSA) is 64.0 Å². The number of thiophene rings is 2. The fourth-order valence-electron chi connectivity index (χ4n) is 2.60. The van der Waals surface area contributed by atoms with Gasteiger partial charge in [0.05, 0.1) is 10.6 Å². The zero-order valence-electron chi connectivity index (χ0n) is 15.2. The number of rotatable bonds is 8. The zero-order chi connectivity index (χ0) is 19.4. The van der Waals surface area contributed by atoms with Crippen molar-refractivity contribution >= 4 is 50.6 Å². The van der Waals surface area contributed by atoms with Gasteiger partial charge in [-0.3, -0.25) is 14.2 Å². The number of nitrogens with zero attached hydrogens (tertiary/aromatic N) is 2. The van der Waals surface area contributed by atoms with Crippen molar-refractivity contribution in [1.29, 1.82) is 0 Å². The van der Waals surface area contributed by atoms with Crippen LogP contribution in [-0.2, 0) is 11.3 Å². The predicted molar refractivity (Wildman–Crippen MR) is 116 cm³/mol. The maximum absolute atomic E-state index is 13.2. The van der Waals surface area contributed by atoms with Gasteiger partial charge in [-0.1, -0.05) is 30.8 Å². The summed E-state index contributed by atoms with van der Waals surface area (Å²) in [5.41, 5.74) is 0.832. The summed E-state index contributed by atoms with van der Waals surface area (Å²) < 4.78 is 1.60. The maximum atomic E-state index is 13.2. The third-order valence-electron chi connectivity index (χ3n) is 3.96. The molecule has 142 valence electrons. The van der Waals surface area contributed by atoms with E-state index in [2.05, 4.69) is 11.9 Å². The first-order valence-electron chi connectivity index (χ1n) is 8.68. The Kier molecular flexibility index (Phi) is 6.51. The summed E-state index contributed by atoms with van der Waals surface area (Å²) >= 11 is 4.37. The molecule has 5 nitrogen and oxygen atoms in total. The van der Waals surface area contributed by atoms with Crippen LogP contribution >= 0.6 is 34.4 Å². The van der Waals surface area contributed by atoms with Crippen molar-refractivity contribution in [3.63, 3.8) is 0 Å². The second-order valence-electron chi connectivity index (χ2n) is 5.96. The van der Waals surface area contributed by atoms with E-state index in [4.69, 9.17) is 4.98 Å². The fraction of sp³-hybridized carbons (Fsp3) is 0.316. The third kappa shape index (κ3) is 4.17. The monoisotopic (exact) mass is 419 g/mol. The first-order chi connectivity index (χ1) is 13.1. The number of carbonyl (C=O) groups excluding carboxylic acids is 1. The lowest BCUT2D eigenvalue weighted by Crippen LogP contribution is -2.32. The number of carbonyl (C=O) groups is 1. The van der Waals surface area contributed by atoms with Crippen molar-refractivity contribution in [2.75, 3.05) is 6.54 Å². The number of hydrogen-bond donors (Lipinski definition) is 1. The average molecular weight is 420 g/mol. The Hall–Kier alpha value is -1.90. The molecule has 1 amide bonds. The molecule has 0 fully saturated rings. The second kappa shape index (κ2) is 8.86. The highest BCUT2D eigenvalue weighted by molar-refractivity contribution is 8.00. The number of amides is 1. The first kappa shape index (κ1) is 19.9. The number of allylic oxidation sites excluding steroid dienone is 1. The van der Waals surface area contributed by atoms with E-state index in [9.17, 15) is 9.59 Å². The van der Waals surface area contributed by atoms with Crippen LogP contribution in [0.4, 0.5) is 0 Å². The molecule has 1 atom stereocenters. The second-order valence-corrected chi connectivity index (χ2v) is 9.07. The molecule has 0 aliphatic heterocycles. The molecule has 0 aromatic carbocycles. The SMILES string of the molecule is C=CCn1c(S[C@H](C)C(=O)NCCC)nc2scc(-c3cccs3)c2c1=O. The van der Waals surface area contributed by atoms with Crippen LogP contribution in [0.5, 0.6) is 0 Å². The molecule has 0 spiro atoms. The molecule has 3 aromatic heterocycles. The van der Waals surface area contributed by atoms with Gasteiger partial charge in [-0.2, -0.15) is 0 Å². The Morgan fingerprint density at radius 2 is 2.30 bits per heavy atom. The normalized spacial score (nSPS) is 12.2. The summed E-state index contributed by atoms with van der Waals surface area (Å²) in [4.78, 5) is 31.9. The molecule has 0 aliphatic rings. The highest BCUT2D eigenvalue weighted by Gasteiger charge is 2.21. The molecule has 0 radical (unpaired) electrons. The standard InChI is InChI=1S/C19H21N3O2S3/c1-4-8-20-16(23)12(3)27-19-21-17-15(18(24)22(19)9-5-2)13(11-26-17)14-7-6-10-25-14/h5-7,10-12H,2,4,8-9H2,1,3H3,(H,20,23)/t12-/m1/s1. The highest BCUT2D eigenvalue weighted by atomic mass is 32.2. The quantitative estimate of drug-likeness (QED) is 0.334. The van der Waals surface area contributed by atoms with Gasteiger partial charge in [0, 0.05) is 28.9 Å². The molecule has 8 heteroatoms. The summed E-state index contributed by atoms with van der Waals surface area (Å²) in [6.07, 6.45) is 2.56. The first-order valence-corrected chi connectivity index (χ1v) is 11.3. The Labute approximate surface area is 170 Å². The minimum absolute atomic E-state index is 0.0493. The van der Waals surface area contributed by atoms with Gasteiger partial charge >= 0.3 is 0 Å². The van der Waals surface area contributed by atoms with Crippen LogP contribution < -0.4 is 10.9 Å². The van der Waals surface area contributed by atoms with E-state index >= 15 is 0 Å². The van der Waals surface area contributed by atoms with Crippen molar-refractivity contribution in [3.05, 3.63) is 45.9 Å². The fourth-order valence-corrected chi connectivity index (χ4v) is 5.35. The summed E-state index contributed by atoms with van der Waals surface area (Å²) in [5, 5.41) is 7.71. The van der Waals surface area contributed by atoms with Crippen LogP contribution in [0.25, 0.3) is 20.7 Å². The molecule has 3 heterocycles. The maximum Gasteiger partial charge on any atom is 0.263 e. The summed E-state index contributed by atoms with van der Waals surface area (Å²) in [6.45, 7) is 8.60. The molecule has 27 heavy (non-hydrogen) atoms. The number of aromatic nitrogens is 2. The van der Waals surface area contributed by atoms with E-state index in [1.807, 2.05) is 36.7 Å². The Morgan fingerprint density at radius 1 is 1.48 bits per heavy atom. The van der Waals surface area contributed by atoms with Crippen molar-refractivity contribution in [2.24, 2.45) is 0 Å². The van der Waals surface area contributed by atoms with Crippen molar-refractivity contribution in [2.45, 2.75) is 37.2 Å². The summed E-state index contributed by atoms with van der Waals surface area (Å²) in [6, 6.07) is 3.98. The molecule has 3 aromatic rings. The lowest BCUT2D eigenvalue weighted by molar-refractivity contribution is -0.120. The van der Waals surface area contributed by atoms with E-state index in [0.717, 1.165) is 16.9 Å². The highest BCUT2D eigenvalue weighted by Crippen LogP contribution is 2.35. The van der Waals surface area contributed by atoms with Gasteiger partial charge in [0.15, 0.2) is 5.16 Å². The smallest absolute Gasteiger partial charge is 0.263 e. The van der Waals surface area contributed by atoms with Crippen LogP contribution in [0.2, 0.25) is 0 Å². The van der Waals surface area contributed by atoms with Gasteiger partial charge in [0.25, 0.3) is 5.56 Å². The summed E-state index contributed by atoms with van der Waals surface area (Å²) in [7, 11) is 0. The molecule has 0 saturated heterocycles. The Bertz CT molecular complexity index is 1010. The van der Waals surface area contributed by atoms with E-state index in [1.165, 1.54) is 23.1 Å². The van der Waals surface area contributed by atoms with E-state index in [0.29, 0.717) is 28.5 Å². The Balaban J connectivity index is 2.03. The summed E-state index contributed by atoms with van der Waals surface area (Å²) in [5.74, 6) is -0.0493. The molecular formula is C19H21N3O2S3. The number of thioether (sulfide) groups is 1. The van der Waals surface area contributed by atoms with E-state index < -0.39 is 0 Å². The zero-order valence-corrected chi connectivity index (χ0v) is 17.7. The number of nitrogens with one attached hydrogen (secondary N) is 1. The van der Waals surface area contributed by atoms with E-state index in [1.54, 1.807) is 22.0 Å². The molecule has 0 saturated carbocycles. The van der Waals surface area contributed by atoms with E-state index in [-0.39, 0.29) is 16.7 Å². The lowest BCUT2D eigenvalue weighted by Gasteiger charge is -2.14. The number of fused-ring (bicyclic) bond motifs is 1. The lowest BCUT2D eigenvalue weighted by atomic mass is 10.2. The average Bonchev–Trinajstić information content (AvgIpc) is 3.32. The largest absolute Gasteiger partial charge is 0.355 e. The third-order valence-corrected chi connectivity index (χ3v) is 6.82. The van der Waals surface area contributed by atoms with Crippen LogP contribution in [0, 0.1) is 0 Å². The number of hydrogen-bond acceptors (Lipinski definition) is 6. The van der Waals surface area contributed by atoms with Crippen LogP contribution in [-0.4, -0.2) is 27.3 Å². The molecule has 0 bridgehead atoms. The van der Waals surface area contributed by atoms with Gasteiger partial charge < -0.3 is 5.32 Å². The van der Waals surface area contributed by atoms with Gasteiger partial charge in [-0.05, 0) is 24.8 Å². The van der Waals surface area contributed by atoms with Crippen LogP contribution in [0.15, 0.2) is 45.5 Å².